The van der Waals surface area contributed by atoms with Gasteiger partial charge in [0, 0.05) is 25.0 Å². The van der Waals surface area contributed by atoms with Crippen molar-refractivity contribution in [3.63, 3.8) is 0 Å². The number of rotatable bonds is 2. The maximum absolute atomic E-state index is 11.6. The second-order valence-corrected chi connectivity index (χ2v) is 3.58. The Balaban J connectivity index is 3.48. The van der Waals surface area contributed by atoms with Gasteiger partial charge in [0.2, 0.25) is 0 Å². The van der Waals surface area contributed by atoms with Crippen molar-refractivity contribution in [3.8, 4) is 0 Å². The maximum Gasteiger partial charge on any atom is 0.341 e. The van der Waals surface area contributed by atoms with E-state index in [1.165, 1.54) is 6.20 Å². The molecule has 1 rings (SSSR count). The van der Waals surface area contributed by atoms with Crippen LogP contribution in [0.1, 0.15) is 35.7 Å². The smallest absolute Gasteiger partial charge is 0.341 e. The third kappa shape index (κ3) is 1.84. The van der Waals surface area contributed by atoms with Crippen LogP contribution in [0.25, 0.3) is 0 Å². The first-order chi connectivity index (χ1) is 6.43. The zero-order valence-corrected chi connectivity index (χ0v) is 8.44. The minimum atomic E-state index is -1.17. The third-order valence-corrected chi connectivity index (χ3v) is 2.03. The van der Waals surface area contributed by atoms with E-state index in [2.05, 4.69) is 0 Å². The first-order valence-corrected chi connectivity index (χ1v) is 4.37. The predicted molar refractivity (Wildman–Crippen MR) is 52.7 cm³/mol. The van der Waals surface area contributed by atoms with Crippen LogP contribution in [0.2, 0.25) is 0 Å². The van der Waals surface area contributed by atoms with Gasteiger partial charge >= 0.3 is 5.97 Å². The monoisotopic (exact) mass is 195 g/mol. The summed E-state index contributed by atoms with van der Waals surface area (Å²) in [5.74, 6) is -1.14. The minimum Gasteiger partial charge on any atom is -0.477 e. The molecule has 0 spiro atoms. The van der Waals surface area contributed by atoms with E-state index in [0.717, 1.165) is 0 Å². The molecule has 0 aliphatic heterocycles. The standard InChI is InChI=1S/C10H13NO3/c1-6(2)7-4-11(3)5-8(9(7)12)10(13)14/h4-6H,1-3H3,(H,13,14). The Hall–Kier alpha value is -1.58. The van der Waals surface area contributed by atoms with E-state index in [1.54, 1.807) is 17.8 Å². The largest absolute Gasteiger partial charge is 0.477 e. The SMILES string of the molecule is CC(C)c1cn(C)cc(C(=O)O)c1=O. The zero-order valence-electron chi connectivity index (χ0n) is 8.44. The fraction of sp³-hybridized carbons (Fsp3) is 0.400. The van der Waals surface area contributed by atoms with Crippen molar-refractivity contribution in [2.75, 3.05) is 0 Å². The van der Waals surface area contributed by atoms with Gasteiger partial charge < -0.3 is 9.67 Å². The van der Waals surface area contributed by atoms with Crippen molar-refractivity contribution < 1.29 is 9.90 Å². The number of pyridine rings is 1. The number of hydrogen-bond donors (Lipinski definition) is 1. The summed E-state index contributed by atoms with van der Waals surface area (Å²) >= 11 is 0. The van der Waals surface area contributed by atoms with Gasteiger partial charge in [0.1, 0.15) is 5.56 Å². The van der Waals surface area contributed by atoms with Crippen molar-refractivity contribution in [3.05, 3.63) is 33.7 Å². The first kappa shape index (κ1) is 10.5. The van der Waals surface area contributed by atoms with Crippen LogP contribution in [-0.2, 0) is 7.05 Å². The van der Waals surface area contributed by atoms with Crippen LogP contribution in [0, 0.1) is 0 Å². The summed E-state index contributed by atoms with van der Waals surface area (Å²) in [4.78, 5) is 22.3. The van der Waals surface area contributed by atoms with Crippen LogP contribution in [-0.4, -0.2) is 15.6 Å². The normalized spacial score (nSPS) is 10.6. The van der Waals surface area contributed by atoms with Crippen molar-refractivity contribution in [2.45, 2.75) is 19.8 Å². The summed E-state index contributed by atoms with van der Waals surface area (Å²) in [5, 5.41) is 8.78. The van der Waals surface area contributed by atoms with Crippen LogP contribution in [0.15, 0.2) is 17.2 Å². The van der Waals surface area contributed by atoms with Crippen molar-refractivity contribution >= 4 is 5.97 Å². The Kier molecular flexibility index (Phi) is 2.74. The fourth-order valence-corrected chi connectivity index (χ4v) is 1.30. The molecule has 0 unspecified atom stereocenters. The fourth-order valence-electron chi connectivity index (χ4n) is 1.30. The highest BCUT2D eigenvalue weighted by Crippen LogP contribution is 2.09. The number of carbonyl (C=O) groups is 1. The van der Waals surface area contributed by atoms with Gasteiger partial charge in [-0.1, -0.05) is 13.8 Å². The van der Waals surface area contributed by atoms with E-state index in [0.29, 0.717) is 5.56 Å². The number of aromatic nitrogens is 1. The number of hydrogen-bond acceptors (Lipinski definition) is 2. The Bertz CT molecular complexity index is 418. The Labute approximate surface area is 81.8 Å². The summed E-state index contributed by atoms with van der Waals surface area (Å²) in [7, 11) is 1.71. The average Bonchev–Trinajstić information content (AvgIpc) is 2.07. The zero-order chi connectivity index (χ0) is 10.9. The van der Waals surface area contributed by atoms with Gasteiger partial charge in [-0.3, -0.25) is 4.79 Å². The molecule has 0 radical (unpaired) electrons. The van der Waals surface area contributed by atoms with Gasteiger partial charge in [-0.25, -0.2) is 4.79 Å². The highest BCUT2D eigenvalue weighted by atomic mass is 16.4. The van der Waals surface area contributed by atoms with E-state index in [4.69, 9.17) is 5.11 Å². The average molecular weight is 195 g/mol. The van der Waals surface area contributed by atoms with Crippen LogP contribution in [0.3, 0.4) is 0 Å². The lowest BCUT2D eigenvalue weighted by atomic mass is 10.0. The highest BCUT2D eigenvalue weighted by Gasteiger charge is 2.14. The molecule has 1 heterocycles. The van der Waals surface area contributed by atoms with E-state index in [1.807, 2.05) is 13.8 Å². The summed E-state index contributed by atoms with van der Waals surface area (Å²) in [6.07, 6.45) is 3.00. The molecule has 1 aromatic heterocycles. The summed E-state index contributed by atoms with van der Waals surface area (Å²) < 4.78 is 1.60. The topological polar surface area (TPSA) is 59.3 Å². The third-order valence-electron chi connectivity index (χ3n) is 2.03. The van der Waals surface area contributed by atoms with Crippen molar-refractivity contribution in [1.82, 2.24) is 4.57 Å². The van der Waals surface area contributed by atoms with Gasteiger partial charge in [-0.05, 0) is 5.92 Å². The summed E-state index contributed by atoms with van der Waals surface area (Å²) in [5.41, 5.74) is -0.0169. The molecule has 0 atom stereocenters. The molecule has 0 saturated carbocycles. The summed E-state index contributed by atoms with van der Waals surface area (Å²) in [6.45, 7) is 3.73. The minimum absolute atomic E-state index is 0.0352. The molecule has 76 valence electrons. The lowest BCUT2D eigenvalue weighted by Gasteiger charge is -2.08. The Morgan fingerprint density at radius 1 is 1.43 bits per heavy atom. The second kappa shape index (κ2) is 3.65. The number of carboxylic acids is 1. The van der Waals surface area contributed by atoms with Gasteiger partial charge in [-0.2, -0.15) is 0 Å². The van der Waals surface area contributed by atoms with Crippen LogP contribution in [0.5, 0.6) is 0 Å². The first-order valence-electron chi connectivity index (χ1n) is 4.37. The highest BCUT2D eigenvalue weighted by molar-refractivity contribution is 5.87. The molecular formula is C10H13NO3. The quantitative estimate of drug-likeness (QED) is 0.771. The predicted octanol–water partition coefficient (Wildman–Crippen LogP) is 1.21. The van der Waals surface area contributed by atoms with Crippen LogP contribution in [0.4, 0.5) is 0 Å². The molecule has 4 heteroatoms. The van der Waals surface area contributed by atoms with E-state index in [9.17, 15) is 9.59 Å². The van der Waals surface area contributed by atoms with Gasteiger partial charge in [0.05, 0.1) is 0 Å². The molecule has 1 N–H and O–H groups in total. The van der Waals surface area contributed by atoms with E-state index >= 15 is 0 Å². The maximum atomic E-state index is 11.6. The lowest BCUT2D eigenvalue weighted by molar-refractivity contribution is 0.0694. The molecule has 4 nitrogen and oxygen atoms in total. The molecule has 0 bridgehead atoms. The van der Waals surface area contributed by atoms with Crippen molar-refractivity contribution in [2.24, 2.45) is 7.05 Å². The molecule has 0 aliphatic carbocycles. The molecule has 0 aliphatic rings. The van der Waals surface area contributed by atoms with E-state index < -0.39 is 5.97 Å². The van der Waals surface area contributed by atoms with Crippen LogP contribution >= 0.6 is 0 Å². The van der Waals surface area contributed by atoms with E-state index in [-0.39, 0.29) is 16.9 Å². The molecule has 0 fully saturated rings. The van der Waals surface area contributed by atoms with Gasteiger partial charge in [-0.15, -0.1) is 0 Å². The van der Waals surface area contributed by atoms with Crippen molar-refractivity contribution in [1.29, 1.82) is 0 Å². The number of aromatic carboxylic acids is 1. The second-order valence-electron chi connectivity index (χ2n) is 3.58. The number of carboxylic acid groups (broad SMARTS) is 1. The van der Waals surface area contributed by atoms with Gasteiger partial charge in [0.15, 0.2) is 5.43 Å². The molecular weight excluding hydrogens is 182 g/mol. The molecule has 1 aromatic rings. The number of aryl methyl sites for hydroxylation is 1. The molecule has 0 aromatic carbocycles. The molecule has 0 amide bonds. The van der Waals surface area contributed by atoms with Gasteiger partial charge in [0.25, 0.3) is 0 Å². The lowest BCUT2D eigenvalue weighted by Crippen LogP contribution is -2.21. The summed E-state index contributed by atoms with van der Waals surface area (Å²) in [6, 6.07) is 0. The Morgan fingerprint density at radius 2 is 2.00 bits per heavy atom. The van der Waals surface area contributed by atoms with Crippen LogP contribution < -0.4 is 5.43 Å². The molecule has 14 heavy (non-hydrogen) atoms. The Morgan fingerprint density at radius 3 is 2.43 bits per heavy atom. The number of nitrogens with zero attached hydrogens (tertiary/aromatic N) is 1. The molecule has 0 saturated heterocycles.